The first-order valence-electron chi connectivity index (χ1n) is 8.55. The predicted octanol–water partition coefficient (Wildman–Crippen LogP) is 3.00. The molecule has 0 saturated carbocycles. The van der Waals surface area contributed by atoms with E-state index in [4.69, 9.17) is 0 Å². The van der Waals surface area contributed by atoms with Crippen LogP contribution in [-0.2, 0) is 0 Å². The van der Waals surface area contributed by atoms with Crippen LogP contribution in [0.4, 0.5) is 5.82 Å². The Hall–Kier alpha value is -1.20. The van der Waals surface area contributed by atoms with Crippen LogP contribution in [0.3, 0.4) is 0 Å². The molecule has 2 aromatic rings. The largest absolute Gasteiger partial charge is 0.355 e. The summed E-state index contributed by atoms with van der Waals surface area (Å²) in [6, 6.07) is 2.94. The van der Waals surface area contributed by atoms with E-state index in [1.807, 2.05) is 0 Å². The summed E-state index contributed by atoms with van der Waals surface area (Å²) in [6.07, 6.45) is 7.40. The van der Waals surface area contributed by atoms with Crippen molar-refractivity contribution in [2.45, 2.75) is 31.7 Å². The van der Waals surface area contributed by atoms with Gasteiger partial charge >= 0.3 is 0 Å². The Morgan fingerprint density at radius 1 is 1.14 bits per heavy atom. The zero-order valence-corrected chi connectivity index (χ0v) is 13.6. The van der Waals surface area contributed by atoms with Gasteiger partial charge in [-0.1, -0.05) is 6.42 Å². The molecule has 22 heavy (non-hydrogen) atoms. The van der Waals surface area contributed by atoms with Gasteiger partial charge in [0.25, 0.3) is 0 Å². The standard InChI is InChI=1S/C17H22N4S/c1-2-5-20-8-12-7-13(15(20)3-1)10-21(9-12)17-16-14(4-6-22-16)18-11-19-17/h4,6,11-13,15H,1-3,5,7-10H2/t12-,13-,15+/m1/s1. The maximum absolute atomic E-state index is 4.65. The van der Waals surface area contributed by atoms with Gasteiger partial charge in [0.05, 0.1) is 10.2 Å². The van der Waals surface area contributed by atoms with Gasteiger partial charge in [-0.3, -0.25) is 4.90 Å². The summed E-state index contributed by atoms with van der Waals surface area (Å²) < 4.78 is 1.27. The minimum absolute atomic E-state index is 0.818. The van der Waals surface area contributed by atoms with E-state index in [2.05, 4.69) is 31.2 Å². The van der Waals surface area contributed by atoms with E-state index in [0.29, 0.717) is 0 Å². The Kier molecular flexibility index (Phi) is 3.11. The molecule has 3 aliphatic heterocycles. The van der Waals surface area contributed by atoms with Crippen LogP contribution in [0.1, 0.15) is 25.7 Å². The Balaban J connectivity index is 1.47. The summed E-state index contributed by atoms with van der Waals surface area (Å²) in [5.41, 5.74) is 1.10. The molecule has 116 valence electrons. The van der Waals surface area contributed by atoms with Crippen LogP contribution in [0.5, 0.6) is 0 Å². The molecule has 0 spiro atoms. The molecule has 5 rings (SSSR count). The Morgan fingerprint density at radius 2 is 2.14 bits per heavy atom. The molecule has 5 heterocycles. The Labute approximate surface area is 135 Å². The van der Waals surface area contributed by atoms with Crippen LogP contribution in [0.15, 0.2) is 17.8 Å². The number of aromatic nitrogens is 2. The molecule has 0 unspecified atom stereocenters. The molecule has 3 atom stereocenters. The van der Waals surface area contributed by atoms with Crippen LogP contribution in [-0.4, -0.2) is 47.1 Å². The number of fused-ring (bicyclic) bond motifs is 5. The van der Waals surface area contributed by atoms with E-state index < -0.39 is 0 Å². The molecule has 0 radical (unpaired) electrons. The zero-order valence-electron chi connectivity index (χ0n) is 12.8. The Bertz CT molecular complexity index is 684. The lowest BCUT2D eigenvalue weighted by Gasteiger charge is -2.52. The molecule has 0 amide bonds. The summed E-state index contributed by atoms with van der Waals surface area (Å²) in [5.74, 6) is 2.83. The lowest BCUT2D eigenvalue weighted by atomic mass is 9.76. The number of rotatable bonds is 1. The molecule has 2 aromatic heterocycles. The van der Waals surface area contributed by atoms with Crippen molar-refractivity contribution in [2.75, 3.05) is 31.1 Å². The first-order chi connectivity index (χ1) is 10.9. The number of hydrogen-bond acceptors (Lipinski definition) is 5. The second kappa shape index (κ2) is 5.17. The van der Waals surface area contributed by atoms with Gasteiger partial charge in [0.1, 0.15) is 12.1 Å². The van der Waals surface area contributed by atoms with E-state index >= 15 is 0 Å². The lowest BCUT2D eigenvalue weighted by molar-refractivity contribution is 0.0185. The summed E-state index contributed by atoms with van der Waals surface area (Å²) >= 11 is 1.78. The van der Waals surface area contributed by atoms with Crippen LogP contribution in [0.25, 0.3) is 10.2 Å². The van der Waals surface area contributed by atoms with Gasteiger partial charge in [-0.15, -0.1) is 11.3 Å². The van der Waals surface area contributed by atoms with Crippen molar-refractivity contribution in [1.82, 2.24) is 14.9 Å². The van der Waals surface area contributed by atoms with E-state index in [-0.39, 0.29) is 0 Å². The predicted molar refractivity (Wildman–Crippen MR) is 90.4 cm³/mol. The van der Waals surface area contributed by atoms with Gasteiger partial charge in [-0.05, 0) is 49.1 Å². The molecule has 2 bridgehead atoms. The first-order valence-corrected chi connectivity index (χ1v) is 9.43. The highest BCUT2D eigenvalue weighted by atomic mass is 32.1. The van der Waals surface area contributed by atoms with Gasteiger partial charge in [0, 0.05) is 25.7 Å². The minimum atomic E-state index is 0.818. The topological polar surface area (TPSA) is 32.3 Å². The number of anilines is 1. The third-order valence-electron chi connectivity index (χ3n) is 5.79. The molecule has 0 aliphatic carbocycles. The fourth-order valence-corrected chi connectivity index (χ4v) is 5.80. The lowest BCUT2D eigenvalue weighted by Crippen LogP contribution is -2.59. The van der Waals surface area contributed by atoms with Crippen molar-refractivity contribution in [3.05, 3.63) is 17.8 Å². The van der Waals surface area contributed by atoms with Gasteiger partial charge in [0.15, 0.2) is 0 Å². The number of nitrogens with zero attached hydrogens (tertiary/aromatic N) is 4. The maximum atomic E-state index is 4.65. The molecule has 3 fully saturated rings. The summed E-state index contributed by atoms with van der Waals surface area (Å²) in [5, 5.41) is 2.14. The molecular formula is C17H22N4S. The van der Waals surface area contributed by atoms with E-state index in [1.54, 1.807) is 17.7 Å². The fraction of sp³-hybridized carbons (Fsp3) is 0.647. The fourth-order valence-electron chi connectivity index (χ4n) is 4.94. The van der Waals surface area contributed by atoms with Crippen molar-refractivity contribution in [3.63, 3.8) is 0 Å². The zero-order chi connectivity index (χ0) is 14.5. The normalized spacial score (nSPS) is 32.2. The quantitative estimate of drug-likeness (QED) is 0.810. The molecule has 0 aromatic carbocycles. The van der Waals surface area contributed by atoms with E-state index in [0.717, 1.165) is 23.4 Å². The van der Waals surface area contributed by atoms with Gasteiger partial charge in [-0.2, -0.15) is 0 Å². The highest BCUT2D eigenvalue weighted by Gasteiger charge is 2.42. The van der Waals surface area contributed by atoms with Crippen LogP contribution in [0, 0.1) is 11.8 Å². The second-order valence-electron chi connectivity index (χ2n) is 7.16. The SMILES string of the molecule is c1nc(N2C[C@@H]3C[C@H](C2)[C@@H]2CCCCN2C3)c2sccc2n1. The minimum Gasteiger partial charge on any atom is -0.355 e. The molecule has 3 saturated heterocycles. The summed E-state index contributed by atoms with van der Waals surface area (Å²) in [4.78, 5) is 14.4. The second-order valence-corrected chi connectivity index (χ2v) is 8.07. The van der Waals surface area contributed by atoms with Crippen molar-refractivity contribution in [2.24, 2.45) is 11.8 Å². The van der Waals surface area contributed by atoms with Gasteiger partial charge in [-0.25, -0.2) is 9.97 Å². The van der Waals surface area contributed by atoms with Gasteiger partial charge in [0.2, 0.25) is 0 Å². The summed E-state index contributed by atoms with van der Waals surface area (Å²) in [6.45, 7) is 4.99. The highest BCUT2D eigenvalue weighted by molar-refractivity contribution is 7.17. The van der Waals surface area contributed by atoms with Crippen molar-refractivity contribution < 1.29 is 0 Å². The molecule has 5 heteroatoms. The molecular weight excluding hydrogens is 292 g/mol. The molecule has 3 aliphatic rings. The average molecular weight is 314 g/mol. The molecule has 0 N–H and O–H groups in total. The molecule has 4 nitrogen and oxygen atoms in total. The van der Waals surface area contributed by atoms with Crippen LogP contribution >= 0.6 is 11.3 Å². The van der Waals surface area contributed by atoms with Crippen molar-refractivity contribution in [3.8, 4) is 0 Å². The first kappa shape index (κ1) is 13.3. The third-order valence-corrected chi connectivity index (χ3v) is 6.69. The number of thiophene rings is 1. The smallest absolute Gasteiger partial charge is 0.150 e. The maximum Gasteiger partial charge on any atom is 0.150 e. The monoisotopic (exact) mass is 314 g/mol. The third kappa shape index (κ3) is 2.06. The van der Waals surface area contributed by atoms with E-state index in [9.17, 15) is 0 Å². The highest BCUT2D eigenvalue weighted by Crippen LogP contribution is 2.40. The summed E-state index contributed by atoms with van der Waals surface area (Å²) in [7, 11) is 0. The average Bonchev–Trinajstić information content (AvgIpc) is 3.03. The number of hydrogen-bond donors (Lipinski definition) is 0. The number of piperidine rings is 3. The van der Waals surface area contributed by atoms with Crippen LogP contribution < -0.4 is 4.90 Å². The van der Waals surface area contributed by atoms with E-state index in [1.165, 1.54) is 62.4 Å². The van der Waals surface area contributed by atoms with Crippen molar-refractivity contribution in [1.29, 1.82) is 0 Å². The van der Waals surface area contributed by atoms with Crippen molar-refractivity contribution >= 4 is 27.4 Å². The Morgan fingerprint density at radius 3 is 3.14 bits per heavy atom. The van der Waals surface area contributed by atoms with Gasteiger partial charge < -0.3 is 4.90 Å². The van der Waals surface area contributed by atoms with Crippen LogP contribution in [0.2, 0.25) is 0 Å².